The molecule has 114 valence electrons. The average molecular weight is 375 g/mol. The minimum Gasteiger partial charge on any atom is -0.495 e. The van der Waals surface area contributed by atoms with Crippen LogP contribution in [0.2, 0.25) is 0 Å². The molecule has 1 aromatic carbocycles. The predicted molar refractivity (Wildman–Crippen MR) is 83.9 cm³/mol. The van der Waals surface area contributed by atoms with Crippen LogP contribution < -0.4 is 15.2 Å². The molecule has 0 saturated carbocycles. The van der Waals surface area contributed by atoms with Gasteiger partial charge in [0, 0.05) is 15.7 Å². The minimum absolute atomic E-state index is 0.0395. The van der Waals surface area contributed by atoms with Gasteiger partial charge >= 0.3 is 0 Å². The number of nitrogen functional groups attached to an aromatic ring is 1. The van der Waals surface area contributed by atoms with E-state index in [-0.39, 0.29) is 10.6 Å². The number of nitrogens with two attached hydrogens (primary N) is 1. The minimum atomic E-state index is -3.84. The number of aromatic nitrogens is 2. The molecule has 1 aromatic heterocycles. The number of aryl methyl sites for hydroxylation is 1. The summed E-state index contributed by atoms with van der Waals surface area (Å²) >= 11 is 3.23. The topological polar surface area (TPSA) is 110 Å². The van der Waals surface area contributed by atoms with Crippen LogP contribution >= 0.6 is 15.9 Å². The number of benzene rings is 1. The highest BCUT2D eigenvalue weighted by molar-refractivity contribution is 9.10. The van der Waals surface area contributed by atoms with Gasteiger partial charge in [-0.15, -0.1) is 0 Å². The Morgan fingerprint density at radius 2 is 2.19 bits per heavy atom. The van der Waals surface area contributed by atoms with Crippen molar-refractivity contribution < 1.29 is 13.2 Å². The second kappa shape index (κ2) is 5.94. The number of aromatic amines is 1. The lowest BCUT2D eigenvalue weighted by molar-refractivity contribution is 0.402. The van der Waals surface area contributed by atoms with Crippen LogP contribution in [0.4, 0.5) is 11.5 Å². The molecule has 7 nitrogen and oxygen atoms in total. The summed E-state index contributed by atoms with van der Waals surface area (Å²) in [5.41, 5.74) is 6.82. The van der Waals surface area contributed by atoms with Crippen molar-refractivity contribution in [2.45, 2.75) is 18.2 Å². The van der Waals surface area contributed by atoms with E-state index in [1.165, 1.54) is 19.2 Å². The summed E-state index contributed by atoms with van der Waals surface area (Å²) in [6, 6.07) is 2.85. The molecule has 0 radical (unpaired) electrons. The predicted octanol–water partition coefficient (Wildman–Crippen LogP) is 2.13. The SMILES string of the molecule is CCc1cn[nH]c1NS(=O)(=O)c1cc(N)c(Br)cc1OC. The number of halogens is 1. The zero-order valence-electron chi connectivity index (χ0n) is 11.5. The quantitative estimate of drug-likeness (QED) is 0.694. The first-order valence-corrected chi connectivity index (χ1v) is 8.34. The highest BCUT2D eigenvalue weighted by Gasteiger charge is 2.22. The molecule has 0 bridgehead atoms. The lowest BCUT2D eigenvalue weighted by Gasteiger charge is -2.13. The van der Waals surface area contributed by atoms with E-state index >= 15 is 0 Å². The molecule has 2 aromatic rings. The molecular formula is C12H15BrN4O3S. The normalized spacial score (nSPS) is 11.4. The van der Waals surface area contributed by atoms with Gasteiger partial charge in [0.1, 0.15) is 16.5 Å². The average Bonchev–Trinajstić information content (AvgIpc) is 2.87. The summed E-state index contributed by atoms with van der Waals surface area (Å²) in [4.78, 5) is -0.0395. The molecule has 0 unspecified atom stereocenters. The number of nitrogens with one attached hydrogen (secondary N) is 2. The maximum Gasteiger partial charge on any atom is 0.266 e. The van der Waals surface area contributed by atoms with Crippen LogP contribution in [0.15, 0.2) is 27.7 Å². The smallest absolute Gasteiger partial charge is 0.266 e. The Bertz CT molecular complexity index is 758. The molecule has 4 N–H and O–H groups in total. The van der Waals surface area contributed by atoms with E-state index in [4.69, 9.17) is 10.5 Å². The van der Waals surface area contributed by atoms with Crippen molar-refractivity contribution in [2.75, 3.05) is 17.6 Å². The van der Waals surface area contributed by atoms with Crippen molar-refractivity contribution in [1.29, 1.82) is 0 Å². The van der Waals surface area contributed by atoms with E-state index in [9.17, 15) is 8.42 Å². The molecule has 0 aliphatic rings. The van der Waals surface area contributed by atoms with E-state index < -0.39 is 10.0 Å². The Balaban J connectivity index is 2.47. The number of sulfonamides is 1. The molecule has 0 saturated heterocycles. The Kier molecular flexibility index (Phi) is 4.43. The van der Waals surface area contributed by atoms with Crippen LogP contribution in [0.3, 0.4) is 0 Å². The first kappa shape index (κ1) is 15.6. The fourth-order valence-corrected chi connectivity index (χ4v) is 3.34. The van der Waals surface area contributed by atoms with Crippen molar-refractivity contribution >= 4 is 37.5 Å². The fourth-order valence-electron chi connectivity index (χ4n) is 1.78. The number of hydrogen-bond acceptors (Lipinski definition) is 5. The maximum atomic E-state index is 12.5. The zero-order valence-corrected chi connectivity index (χ0v) is 13.9. The maximum absolute atomic E-state index is 12.5. The van der Waals surface area contributed by atoms with E-state index in [0.717, 1.165) is 5.56 Å². The molecule has 0 aliphatic carbocycles. The molecule has 1 heterocycles. The molecule has 21 heavy (non-hydrogen) atoms. The highest BCUT2D eigenvalue weighted by Crippen LogP contribution is 2.33. The van der Waals surface area contributed by atoms with Crippen molar-refractivity contribution in [3.8, 4) is 5.75 Å². The third-order valence-electron chi connectivity index (χ3n) is 2.91. The van der Waals surface area contributed by atoms with Crippen LogP contribution in [0.5, 0.6) is 5.75 Å². The first-order valence-electron chi connectivity index (χ1n) is 6.07. The third kappa shape index (κ3) is 3.13. The Morgan fingerprint density at radius 3 is 2.81 bits per heavy atom. The van der Waals surface area contributed by atoms with Gasteiger partial charge < -0.3 is 10.5 Å². The van der Waals surface area contributed by atoms with Crippen LogP contribution in [0.25, 0.3) is 0 Å². The monoisotopic (exact) mass is 374 g/mol. The van der Waals surface area contributed by atoms with Crippen LogP contribution in [-0.2, 0) is 16.4 Å². The number of hydrogen-bond donors (Lipinski definition) is 3. The molecule has 0 spiro atoms. The van der Waals surface area contributed by atoms with Crippen LogP contribution in [-0.4, -0.2) is 25.7 Å². The Morgan fingerprint density at radius 1 is 1.48 bits per heavy atom. The number of rotatable bonds is 5. The van der Waals surface area contributed by atoms with Crippen LogP contribution in [0, 0.1) is 0 Å². The van der Waals surface area contributed by atoms with Crippen LogP contribution in [0.1, 0.15) is 12.5 Å². The summed E-state index contributed by atoms with van der Waals surface area (Å²) in [6.07, 6.45) is 2.22. The number of methoxy groups -OCH3 is 1. The van der Waals surface area contributed by atoms with E-state index in [1.807, 2.05) is 6.92 Å². The lowest BCUT2D eigenvalue weighted by atomic mass is 10.3. The summed E-state index contributed by atoms with van der Waals surface area (Å²) in [5.74, 6) is 0.530. The van der Waals surface area contributed by atoms with Gasteiger partial charge in [0.15, 0.2) is 0 Å². The van der Waals surface area contributed by atoms with Gasteiger partial charge in [-0.1, -0.05) is 6.92 Å². The van der Waals surface area contributed by atoms with E-state index in [0.29, 0.717) is 22.4 Å². The van der Waals surface area contributed by atoms with Crippen molar-refractivity contribution in [3.05, 3.63) is 28.4 Å². The zero-order chi connectivity index (χ0) is 15.6. The first-order chi connectivity index (χ1) is 9.89. The largest absolute Gasteiger partial charge is 0.495 e. The second-order valence-electron chi connectivity index (χ2n) is 4.25. The highest BCUT2D eigenvalue weighted by atomic mass is 79.9. The van der Waals surface area contributed by atoms with Crippen molar-refractivity contribution in [1.82, 2.24) is 10.2 Å². The van der Waals surface area contributed by atoms with Gasteiger partial charge in [0.05, 0.1) is 13.3 Å². The number of anilines is 2. The van der Waals surface area contributed by atoms with Gasteiger partial charge in [-0.05, 0) is 34.5 Å². The summed E-state index contributed by atoms with van der Waals surface area (Å²) < 4.78 is 33.1. The molecule has 9 heteroatoms. The molecule has 0 fully saturated rings. The van der Waals surface area contributed by atoms with Crippen molar-refractivity contribution in [3.63, 3.8) is 0 Å². The van der Waals surface area contributed by atoms with Gasteiger partial charge in [-0.25, -0.2) is 8.42 Å². The second-order valence-corrected chi connectivity index (χ2v) is 6.76. The molecule has 0 amide bonds. The number of nitrogens with zero attached hydrogens (tertiary/aromatic N) is 1. The summed E-state index contributed by atoms with van der Waals surface area (Å²) in [7, 11) is -2.45. The van der Waals surface area contributed by atoms with Gasteiger partial charge in [-0.3, -0.25) is 9.82 Å². The van der Waals surface area contributed by atoms with E-state index in [2.05, 4.69) is 30.8 Å². The van der Waals surface area contributed by atoms with Gasteiger partial charge in [-0.2, -0.15) is 5.10 Å². The number of H-pyrrole nitrogens is 1. The molecular weight excluding hydrogens is 360 g/mol. The Hall–Kier alpha value is -1.74. The lowest BCUT2D eigenvalue weighted by Crippen LogP contribution is -2.15. The van der Waals surface area contributed by atoms with Gasteiger partial charge in [0.25, 0.3) is 10.0 Å². The molecule has 0 aliphatic heterocycles. The molecule has 2 rings (SSSR count). The van der Waals surface area contributed by atoms with Crippen molar-refractivity contribution in [2.24, 2.45) is 0 Å². The number of ether oxygens (including phenoxy) is 1. The summed E-state index contributed by atoms with van der Waals surface area (Å²) in [5, 5.41) is 6.45. The molecule has 0 atom stereocenters. The van der Waals surface area contributed by atoms with E-state index in [1.54, 1.807) is 6.20 Å². The summed E-state index contributed by atoms with van der Waals surface area (Å²) in [6.45, 7) is 1.90. The third-order valence-corrected chi connectivity index (χ3v) is 4.97. The Labute approximate surface area is 131 Å². The van der Waals surface area contributed by atoms with Gasteiger partial charge in [0.2, 0.25) is 0 Å². The fraction of sp³-hybridized carbons (Fsp3) is 0.250. The standard InChI is InChI=1S/C12H15BrN4O3S/c1-3-7-6-15-16-12(7)17-21(18,19)11-5-9(14)8(13)4-10(11)20-2/h4-6H,3,14H2,1-2H3,(H2,15,16,17).